The largest absolute Gasteiger partial charge is 0.492 e. The third-order valence-electron chi connectivity index (χ3n) is 3.59. The molecule has 1 heterocycles. The van der Waals surface area contributed by atoms with E-state index < -0.39 is 0 Å². The fourth-order valence-corrected chi connectivity index (χ4v) is 2.45. The van der Waals surface area contributed by atoms with Gasteiger partial charge < -0.3 is 14.8 Å². The lowest BCUT2D eigenvalue weighted by atomic mass is 10.2. The fraction of sp³-hybridized carbons (Fsp3) is 0.647. The highest BCUT2D eigenvalue weighted by molar-refractivity contribution is 5.33. The summed E-state index contributed by atoms with van der Waals surface area (Å²) in [5, 5.41) is 3.49. The molecule has 0 fully saturated rings. The Labute approximate surface area is 128 Å². The highest BCUT2D eigenvalue weighted by Crippen LogP contribution is 2.21. The van der Waals surface area contributed by atoms with Gasteiger partial charge in [0.15, 0.2) is 0 Å². The third kappa shape index (κ3) is 6.04. The number of nitrogens with one attached hydrogen (secondary N) is 1. The Kier molecular flexibility index (Phi) is 7.00. The number of ether oxygens (including phenoxy) is 2. The lowest BCUT2D eigenvalue weighted by Gasteiger charge is -2.19. The molecule has 0 saturated heterocycles. The fourth-order valence-electron chi connectivity index (χ4n) is 2.45. The number of fused-ring (bicyclic) bond motifs is 1. The molecule has 0 saturated carbocycles. The van der Waals surface area contributed by atoms with Gasteiger partial charge in [-0.15, -0.1) is 0 Å². The van der Waals surface area contributed by atoms with Crippen molar-refractivity contribution in [2.24, 2.45) is 0 Å². The van der Waals surface area contributed by atoms with Crippen LogP contribution in [0, 0.1) is 0 Å². The standard InChI is InChI=1S/C17H28N2O2/c1-15(2)20-12-5-8-18-9-10-19-11-13-21-17-7-4-3-6-16(17)14-19/h3-4,6-7,15,18H,5,8-14H2,1-2H3. The first-order valence-corrected chi connectivity index (χ1v) is 8.01. The molecule has 0 radical (unpaired) electrons. The van der Waals surface area contributed by atoms with Gasteiger partial charge >= 0.3 is 0 Å². The van der Waals surface area contributed by atoms with E-state index in [9.17, 15) is 0 Å². The molecular formula is C17H28N2O2. The Morgan fingerprint density at radius 3 is 3.00 bits per heavy atom. The highest BCUT2D eigenvalue weighted by Gasteiger charge is 2.13. The van der Waals surface area contributed by atoms with Crippen LogP contribution in [0.1, 0.15) is 25.8 Å². The Morgan fingerprint density at radius 2 is 2.14 bits per heavy atom. The maximum Gasteiger partial charge on any atom is 0.123 e. The predicted molar refractivity (Wildman–Crippen MR) is 85.8 cm³/mol. The molecule has 0 spiro atoms. The molecule has 0 aliphatic carbocycles. The summed E-state index contributed by atoms with van der Waals surface area (Å²) in [5.74, 6) is 1.04. The topological polar surface area (TPSA) is 33.7 Å². The monoisotopic (exact) mass is 292 g/mol. The second-order valence-corrected chi connectivity index (χ2v) is 5.76. The van der Waals surface area contributed by atoms with Crippen LogP contribution in [0.2, 0.25) is 0 Å². The van der Waals surface area contributed by atoms with E-state index >= 15 is 0 Å². The molecule has 0 unspecified atom stereocenters. The molecule has 1 aromatic rings. The van der Waals surface area contributed by atoms with Gasteiger partial charge in [-0.05, 0) is 32.9 Å². The molecule has 0 atom stereocenters. The maximum absolute atomic E-state index is 5.78. The van der Waals surface area contributed by atoms with Crippen molar-refractivity contribution in [1.29, 1.82) is 0 Å². The summed E-state index contributed by atoms with van der Waals surface area (Å²) in [6.07, 6.45) is 1.41. The first kappa shape index (κ1) is 16.3. The first-order chi connectivity index (χ1) is 10.3. The number of rotatable bonds is 8. The third-order valence-corrected chi connectivity index (χ3v) is 3.59. The van der Waals surface area contributed by atoms with Crippen molar-refractivity contribution < 1.29 is 9.47 Å². The van der Waals surface area contributed by atoms with Crippen molar-refractivity contribution in [3.05, 3.63) is 29.8 Å². The second-order valence-electron chi connectivity index (χ2n) is 5.76. The van der Waals surface area contributed by atoms with Gasteiger partial charge in [0, 0.05) is 38.3 Å². The van der Waals surface area contributed by atoms with E-state index in [-0.39, 0.29) is 0 Å². The molecule has 4 nitrogen and oxygen atoms in total. The van der Waals surface area contributed by atoms with E-state index in [0.717, 1.165) is 58.1 Å². The maximum atomic E-state index is 5.78. The number of para-hydroxylation sites is 1. The lowest BCUT2D eigenvalue weighted by Crippen LogP contribution is -2.33. The van der Waals surface area contributed by atoms with Gasteiger partial charge in [0.05, 0.1) is 6.10 Å². The minimum atomic E-state index is 0.335. The van der Waals surface area contributed by atoms with Gasteiger partial charge in [-0.25, -0.2) is 0 Å². The summed E-state index contributed by atoms with van der Waals surface area (Å²) in [6, 6.07) is 8.34. The molecule has 2 rings (SSSR count). The summed E-state index contributed by atoms with van der Waals surface area (Å²) in [6.45, 7) is 10.8. The van der Waals surface area contributed by atoms with Crippen LogP contribution in [0.15, 0.2) is 24.3 Å². The van der Waals surface area contributed by atoms with E-state index in [1.165, 1.54) is 5.56 Å². The Bertz CT molecular complexity index is 410. The van der Waals surface area contributed by atoms with E-state index in [0.29, 0.717) is 6.10 Å². The van der Waals surface area contributed by atoms with Crippen LogP contribution in [0.5, 0.6) is 5.75 Å². The van der Waals surface area contributed by atoms with E-state index in [4.69, 9.17) is 9.47 Å². The predicted octanol–water partition coefficient (Wildman–Crippen LogP) is 2.29. The number of nitrogens with zero attached hydrogens (tertiary/aromatic N) is 1. The zero-order valence-electron chi connectivity index (χ0n) is 13.3. The van der Waals surface area contributed by atoms with Crippen molar-refractivity contribution in [2.45, 2.75) is 32.9 Å². The molecule has 0 bridgehead atoms. The summed E-state index contributed by atoms with van der Waals surface area (Å²) in [7, 11) is 0. The zero-order chi connectivity index (χ0) is 14.9. The normalized spacial score (nSPS) is 15.6. The molecule has 0 aromatic heterocycles. The van der Waals surface area contributed by atoms with Gasteiger partial charge in [-0.3, -0.25) is 4.90 Å². The van der Waals surface area contributed by atoms with E-state index in [2.05, 4.69) is 42.3 Å². The number of hydrogen-bond acceptors (Lipinski definition) is 4. The molecule has 4 heteroatoms. The average Bonchev–Trinajstić information content (AvgIpc) is 2.67. The van der Waals surface area contributed by atoms with Crippen molar-refractivity contribution >= 4 is 0 Å². The molecule has 1 aliphatic rings. The SMILES string of the molecule is CC(C)OCCCNCCN1CCOc2ccccc2C1. The Morgan fingerprint density at radius 1 is 1.29 bits per heavy atom. The summed E-state index contributed by atoms with van der Waals surface area (Å²) < 4.78 is 11.3. The van der Waals surface area contributed by atoms with Crippen LogP contribution in [0.4, 0.5) is 0 Å². The van der Waals surface area contributed by atoms with Crippen molar-refractivity contribution in [3.8, 4) is 5.75 Å². The van der Waals surface area contributed by atoms with Gasteiger partial charge in [0.1, 0.15) is 12.4 Å². The minimum Gasteiger partial charge on any atom is -0.492 e. The van der Waals surface area contributed by atoms with Crippen LogP contribution < -0.4 is 10.1 Å². The molecule has 118 valence electrons. The van der Waals surface area contributed by atoms with Gasteiger partial charge in [0.2, 0.25) is 0 Å². The van der Waals surface area contributed by atoms with Gasteiger partial charge in [0.25, 0.3) is 0 Å². The second kappa shape index (κ2) is 9.03. The smallest absolute Gasteiger partial charge is 0.123 e. The van der Waals surface area contributed by atoms with Crippen LogP contribution in [0.25, 0.3) is 0 Å². The molecular weight excluding hydrogens is 264 g/mol. The highest BCUT2D eigenvalue weighted by atomic mass is 16.5. The van der Waals surface area contributed by atoms with Gasteiger partial charge in [-0.2, -0.15) is 0 Å². The number of hydrogen-bond donors (Lipinski definition) is 1. The van der Waals surface area contributed by atoms with E-state index in [1.807, 2.05) is 6.07 Å². The van der Waals surface area contributed by atoms with Crippen LogP contribution in [0.3, 0.4) is 0 Å². The van der Waals surface area contributed by atoms with E-state index in [1.54, 1.807) is 0 Å². The van der Waals surface area contributed by atoms with Gasteiger partial charge in [-0.1, -0.05) is 18.2 Å². The zero-order valence-corrected chi connectivity index (χ0v) is 13.3. The summed E-state index contributed by atoms with van der Waals surface area (Å²) >= 11 is 0. The quantitative estimate of drug-likeness (QED) is 0.745. The average molecular weight is 292 g/mol. The molecule has 0 amide bonds. The van der Waals surface area contributed by atoms with Crippen molar-refractivity contribution in [1.82, 2.24) is 10.2 Å². The first-order valence-electron chi connectivity index (χ1n) is 8.01. The summed E-state index contributed by atoms with van der Waals surface area (Å²) in [5.41, 5.74) is 1.29. The molecule has 1 N–H and O–H groups in total. The van der Waals surface area contributed by atoms with Crippen LogP contribution in [-0.2, 0) is 11.3 Å². The van der Waals surface area contributed by atoms with Crippen LogP contribution in [-0.4, -0.2) is 50.4 Å². The molecule has 21 heavy (non-hydrogen) atoms. The van der Waals surface area contributed by atoms with Crippen molar-refractivity contribution in [3.63, 3.8) is 0 Å². The number of benzene rings is 1. The Balaban J connectivity index is 1.61. The summed E-state index contributed by atoms with van der Waals surface area (Å²) in [4.78, 5) is 2.45. The Hall–Kier alpha value is -1.10. The molecule has 1 aromatic carbocycles. The van der Waals surface area contributed by atoms with Crippen molar-refractivity contribution in [2.75, 3.05) is 39.4 Å². The molecule has 1 aliphatic heterocycles. The van der Waals surface area contributed by atoms with Crippen LogP contribution >= 0.6 is 0 Å². The lowest BCUT2D eigenvalue weighted by molar-refractivity contribution is 0.0770. The minimum absolute atomic E-state index is 0.335.